The summed E-state index contributed by atoms with van der Waals surface area (Å²) >= 11 is 0. The number of hydrogen-bond acceptors (Lipinski definition) is 2. The second-order valence-corrected chi connectivity index (χ2v) is 6.30. The second kappa shape index (κ2) is 7.42. The Hall–Kier alpha value is -2.13. The van der Waals surface area contributed by atoms with E-state index in [1.165, 1.54) is 11.1 Å². The molecular formula is C20H23NO2. The summed E-state index contributed by atoms with van der Waals surface area (Å²) < 4.78 is 0. The van der Waals surface area contributed by atoms with Crippen LogP contribution in [0, 0.1) is 5.92 Å². The molecule has 2 aromatic rings. The highest BCUT2D eigenvalue weighted by molar-refractivity contribution is 5.67. The summed E-state index contributed by atoms with van der Waals surface area (Å²) in [6.45, 7) is 1.90. The Labute approximate surface area is 137 Å². The molecule has 23 heavy (non-hydrogen) atoms. The summed E-state index contributed by atoms with van der Waals surface area (Å²) in [5.74, 6) is -0.359. The first-order chi connectivity index (χ1) is 11.2. The molecule has 0 radical (unpaired) electrons. The average molecular weight is 309 g/mol. The highest BCUT2D eigenvalue weighted by atomic mass is 16.4. The van der Waals surface area contributed by atoms with Crippen molar-refractivity contribution in [2.24, 2.45) is 5.92 Å². The molecule has 0 spiro atoms. The third-order valence-corrected chi connectivity index (χ3v) is 4.71. The fourth-order valence-electron chi connectivity index (χ4n) is 3.55. The first kappa shape index (κ1) is 15.8. The van der Waals surface area contributed by atoms with Gasteiger partial charge in [-0.15, -0.1) is 0 Å². The van der Waals surface area contributed by atoms with E-state index in [0.29, 0.717) is 12.3 Å². The lowest BCUT2D eigenvalue weighted by Gasteiger charge is -2.38. The van der Waals surface area contributed by atoms with Crippen molar-refractivity contribution in [2.45, 2.75) is 25.3 Å². The fraction of sp³-hybridized carbons (Fsp3) is 0.350. The van der Waals surface area contributed by atoms with E-state index in [1.807, 2.05) is 12.1 Å². The first-order valence-electron chi connectivity index (χ1n) is 8.30. The number of carboxylic acids is 1. The van der Waals surface area contributed by atoms with Gasteiger partial charge in [-0.3, -0.25) is 9.69 Å². The van der Waals surface area contributed by atoms with E-state index >= 15 is 0 Å². The number of piperidine rings is 1. The molecule has 0 atom stereocenters. The number of carbonyl (C=O) groups is 1. The van der Waals surface area contributed by atoms with E-state index in [-0.39, 0.29) is 6.04 Å². The minimum Gasteiger partial charge on any atom is -0.481 e. The van der Waals surface area contributed by atoms with E-state index in [0.717, 1.165) is 25.9 Å². The van der Waals surface area contributed by atoms with Crippen molar-refractivity contribution in [3.63, 3.8) is 0 Å². The van der Waals surface area contributed by atoms with Gasteiger partial charge in [0.1, 0.15) is 0 Å². The van der Waals surface area contributed by atoms with Gasteiger partial charge in [0, 0.05) is 6.42 Å². The lowest BCUT2D eigenvalue weighted by molar-refractivity contribution is -0.138. The number of hydrogen-bond donors (Lipinski definition) is 1. The molecule has 1 heterocycles. The predicted molar refractivity (Wildman–Crippen MR) is 91.3 cm³/mol. The SMILES string of the molecule is O=C(O)CC1CCN(C(c2ccccc2)c2ccccc2)CC1. The Kier molecular flexibility index (Phi) is 5.09. The fourth-order valence-corrected chi connectivity index (χ4v) is 3.55. The summed E-state index contributed by atoms with van der Waals surface area (Å²) in [4.78, 5) is 13.4. The van der Waals surface area contributed by atoms with E-state index < -0.39 is 5.97 Å². The zero-order valence-electron chi connectivity index (χ0n) is 13.3. The minimum atomic E-state index is -0.675. The summed E-state index contributed by atoms with van der Waals surface area (Å²) in [6, 6.07) is 21.4. The van der Waals surface area contributed by atoms with Gasteiger partial charge < -0.3 is 5.11 Å². The Bertz CT molecular complexity index is 579. The molecule has 2 aromatic carbocycles. The summed E-state index contributed by atoms with van der Waals surface area (Å²) in [7, 11) is 0. The maximum absolute atomic E-state index is 10.9. The van der Waals surface area contributed by atoms with Crippen LogP contribution in [0.2, 0.25) is 0 Å². The molecule has 1 aliphatic heterocycles. The van der Waals surface area contributed by atoms with Gasteiger partial charge in [-0.2, -0.15) is 0 Å². The molecule has 3 heteroatoms. The van der Waals surface area contributed by atoms with Crippen molar-refractivity contribution in [2.75, 3.05) is 13.1 Å². The van der Waals surface area contributed by atoms with Crippen LogP contribution in [-0.2, 0) is 4.79 Å². The number of nitrogens with zero attached hydrogens (tertiary/aromatic N) is 1. The van der Waals surface area contributed by atoms with E-state index in [4.69, 9.17) is 5.11 Å². The smallest absolute Gasteiger partial charge is 0.303 e. The van der Waals surface area contributed by atoms with E-state index in [9.17, 15) is 4.79 Å². The van der Waals surface area contributed by atoms with Gasteiger partial charge in [0.2, 0.25) is 0 Å². The van der Waals surface area contributed by atoms with Gasteiger partial charge in [-0.25, -0.2) is 0 Å². The highest BCUT2D eigenvalue weighted by Gasteiger charge is 2.27. The Morgan fingerprint density at radius 3 is 1.87 bits per heavy atom. The van der Waals surface area contributed by atoms with Crippen molar-refractivity contribution in [1.29, 1.82) is 0 Å². The molecule has 1 aliphatic rings. The lowest BCUT2D eigenvalue weighted by Crippen LogP contribution is -2.37. The van der Waals surface area contributed by atoms with E-state index in [1.54, 1.807) is 0 Å². The molecular weight excluding hydrogens is 286 g/mol. The lowest BCUT2D eigenvalue weighted by atomic mass is 9.90. The van der Waals surface area contributed by atoms with Gasteiger partial charge in [0.25, 0.3) is 0 Å². The Morgan fingerprint density at radius 2 is 1.43 bits per heavy atom. The molecule has 0 saturated carbocycles. The van der Waals surface area contributed by atoms with Gasteiger partial charge >= 0.3 is 5.97 Å². The molecule has 0 unspecified atom stereocenters. The number of rotatable bonds is 5. The highest BCUT2D eigenvalue weighted by Crippen LogP contribution is 2.32. The molecule has 1 fully saturated rings. The number of likely N-dealkylation sites (tertiary alicyclic amines) is 1. The summed E-state index contributed by atoms with van der Waals surface area (Å²) in [5.41, 5.74) is 2.60. The average Bonchev–Trinajstić information content (AvgIpc) is 2.58. The van der Waals surface area contributed by atoms with Crippen LogP contribution < -0.4 is 0 Å². The van der Waals surface area contributed by atoms with Crippen molar-refractivity contribution >= 4 is 5.97 Å². The van der Waals surface area contributed by atoms with Crippen molar-refractivity contribution < 1.29 is 9.90 Å². The van der Waals surface area contributed by atoms with Crippen molar-refractivity contribution in [3.05, 3.63) is 71.8 Å². The Morgan fingerprint density at radius 1 is 0.957 bits per heavy atom. The first-order valence-corrected chi connectivity index (χ1v) is 8.30. The van der Waals surface area contributed by atoms with Crippen LogP contribution in [-0.4, -0.2) is 29.1 Å². The number of carboxylic acid groups (broad SMARTS) is 1. The number of benzene rings is 2. The molecule has 0 bridgehead atoms. The number of aliphatic carboxylic acids is 1. The summed E-state index contributed by atoms with van der Waals surface area (Å²) in [5, 5.41) is 8.98. The molecule has 0 aromatic heterocycles. The van der Waals surface area contributed by atoms with Crippen molar-refractivity contribution in [3.8, 4) is 0 Å². The van der Waals surface area contributed by atoms with Crippen LogP contribution in [0.25, 0.3) is 0 Å². The van der Waals surface area contributed by atoms with Crippen LogP contribution >= 0.6 is 0 Å². The van der Waals surface area contributed by atoms with Gasteiger partial charge in [-0.05, 0) is 43.0 Å². The third-order valence-electron chi connectivity index (χ3n) is 4.71. The van der Waals surface area contributed by atoms with Gasteiger partial charge in [0.15, 0.2) is 0 Å². The zero-order chi connectivity index (χ0) is 16.1. The molecule has 120 valence electrons. The van der Waals surface area contributed by atoms with Crippen LogP contribution in [0.5, 0.6) is 0 Å². The third kappa shape index (κ3) is 3.99. The van der Waals surface area contributed by atoms with Crippen LogP contribution in [0.15, 0.2) is 60.7 Å². The molecule has 0 aliphatic carbocycles. The quantitative estimate of drug-likeness (QED) is 0.908. The van der Waals surface area contributed by atoms with E-state index in [2.05, 4.69) is 53.4 Å². The topological polar surface area (TPSA) is 40.5 Å². The summed E-state index contributed by atoms with van der Waals surface area (Å²) in [6.07, 6.45) is 2.22. The molecule has 1 N–H and O–H groups in total. The maximum Gasteiger partial charge on any atom is 0.303 e. The standard InChI is InChI=1S/C20H23NO2/c22-19(23)15-16-11-13-21(14-12-16)20(17-7-3-1-4-8-17)18-9-5-2-6-10-18/h1-10,16,20H,11-15H2,(H,22,23). The van der Waals surface area contributed by atoms with Crippen LogP contribution in [0.4, 0.5) is 0 Å². The molecule has 3 rings (SSSR count). The normalized spacial score (nSPS) is 16.6. The van der Waals surface area contributed by atoms with Crippen LogP contribution in [0.3, 0.4) is 0 Å². The second-order valence-electron chi connectivity index (χ2n) is 6.30. The van der Waals surface area contributed by atoms with Crippen molar-refractivity contribution in [1.82, 2.24) is 4.90 Å². The minimum absolute atomic E-state index is 0.253. The monoisotopic (exact) mass is 309 g/mol. The van der Waals surface area contributed by atoms with Crippen LogP contribution in [0.1, 0.15) is 36.4 Å². The molecule has 3 nitrogen and oxygen atoms in total. The molecule has 0 amide bonds. The maximum atomic E-state index is 10.9. The predicted octanol–water partition coefficient (Wildman–Crippen LogP) is 3.96. The van der Waals surface area contributed by atoms with Gasteiger partial charge in [0.05, 0.1) is 6.04 Å². The zero-order valence-corrected chi connectivity index (χ0v) is 13.3. The Balaban J connectivity index is 1.79. The largest absolute Gasteiger partial charge is 0.481 e. The van der Waals surface area contributed by atoms with Gasteiger partial charge in [-0.1, -0.05) is 60.7 Å². The molecule has 1 saturated heterocycles.